The van der Waals surface area contributed by atoms with Crippen LogP contribution in [0.3, 0.4) is 0 Å². The fraction of sp³-hybridized carbons (Fsp3) is 0.286. The van der Waals surface area contributed by atoms with Gasteiger partial charge in [-0.1, -0.05) is 30.7 Å². The van der Waals surface area contributed by atoms with E-state index in [1.54, 1.807) is 0 Å². The summed E-state index contributed by atoms with van der Waals surface area (Å²) in [5.41, 5.74) is 1.81. The molecule has 100 valence electrons. The lowest BCUT2D eigenvalue weighted by Crippen LogP contribution is -2.07. The van der Waals surface area contributed by atoms with Crippen LogP contribution in [0.4, 0.5) is 17.3 Å². The number of hydrogen-bond donors (Lipinski definition) is 2. The number of nitrogens with one attached hydrogen (secondary N) is 2. The SMILES string of the molecule is CCc1nc(NC)c(C)c(Nc2ccccc2Cl)n1. The Morgan fingerprint density at radius 2 is 1.84 bits per heavy atom. The van der Waals surface area contributed by atoms with Crippen molar-refractivity contribution in [1.29, 1.82) is 0 Å². The number of anilines is 3. The first-order chi connectivity index (χ1) is 9.15. The van der Waals surface area contributed by atoms with E-state index < -0.39 is 0 Å². The molecule has 0 bridgehead atoms. The lowest BCUT2D eigenvalue weighted by Gasteiger charge is -2.14. The second kappa shape index (κ2) is 5.89. The molecule has 1 aromatic carbocycles. The molecule has 4 nitrogen and oxygen atoms in total. The molecule has 0 radical (unpaired) electrons. The molecule has 2 N–H and O–H groups in total. The summed E-state index contributed by atoms with van der Waals surface area (Å²) in [6.07, 6.45) is 0.784. The number of benzene rings is 1. The summed E-state index contributed by atoms with van der Waals surface area (Å²) in [6.45, 7) is 4.01. The van der Waals surface area contributed by atoms with Crippen LogP contribution in [0.1, 0.15) is 18.3 Å². The minimum atomic E-state index is 0.671. The third-order valence-electron chi connectivity index (χ3n) is 2.87. The van der Waals surface area contributed by atoms with Gasteiger partial charge in [0, 0.05) is 19.0 Å². The first-order valence-electron chi connectivity index (χ1n) is 6.22. The van der Waals surface area contributed by atoms with Crippen LogP contribution in [0.15, 0.2) is 24.3 Å². The average Bonchev–Trinajstić information content (AvgIpc) is 2.43. The summed E-state index contributed by atoms with van der Waals surface area (Å²) in [5.74, 6) is 2.41. The molecule has 0 spiro atoms. The summed E-state index contributed by atoms with van der Waals surface area (Å²) in [5, 5.41) is 7.02. The van der Waals surface area contributed by atoms with E-state index in [-0.39, 0.29) is 0 Å². The summed E-state index contributed by atoms with van der Waals surface area (Å²) in [4.78, 5) is 8.95. The number of aromatic nitrogens is 2. The maximum absolute atomic E-state index is 6.15. The number of nitrogens with zero attached hydrogens (tertiary/aromatic N) is 2. The van der Waals surface area contributed by atoms with E-state index in [0.717, 1.165) is 35.1 Å². The maximum Gasteiger partial charge on any atom is 0.139 e. The standard InChI is InChI=1S/C14H17ClN4/c1-4-12-18-13(16-3)9(2)14(19-12)17-11-8-6-5-7-10(11)15/h5-8H,4H2,1-3H3,(H2,16,17,18,19). The van der Waals surface area contributed by atoms with Gasteiger partial charge in [-0.15, -0.1) is 0 Å². The Hall–Kier alpha value is -1.81. The van der Waals surface area contributed by atoms with Crippen LogP contribution in [-0.4, -0.2) is 17.0 Å². The van der Waals surface area contributed by atoms with Crippen LogP contribution in [-0.2, 0) is 6.42 Å². The lowest BCUT2D eigenvalue weighted by atomic mass is 10.2. The van der Waals surface area contributed by atoms with Crippen molar-refractivity contribution in [2.24, 2.45) is 0 Å². The number of rotatable bonds is 4. The van der Waals surface area contributed by atoms with Gasteiger partial charge in [0.25, 0.3) is 0 Å². The molecule has 0 saturated carbocycles. The second-order valence-electron chi connectivity index (χ2n) is 4.17. The van der Waals surface area contributed by atoms with Crippen LogP contribution in [0.2, 0.25) is 5.02 Å². The van der Waals surface area contributed by atoms with Gasteiger partial charge in [0.05, 0.1) is 10.7 Å². The van der Waals surface area contributed by atoms with Gasteiger partial charge in [-0.2, -0.15) is 0 Å². The predicted molar refractivity (Wildman–Crippen MR) is 80.4 cm³/mol. The lowest BCUT2D eigenvalue weighted by molar-refractivity contribution is 0.935. The Morgan fingerprint density at radius 1 is 1.16 bits per heavy atom. The average molecular weight is 277 g/mol. The van der Waals surface area contributed by atoms with Crippen molar-refractivity contribution in [1.82, 2.24) is 9.97 Å². The van der Waals surface area contributed by atoms with Crippen molar-refractivity contribution in [3.63, 3.8) is 0 Å². The van der Waals surface area contributed by atoms with Gasteiger partial charge < -0.3 is 10.6 Å². The molecule has 2 aromatic rings. The number of para-hydroxylation sites is 1. The molecule has 1 heterocycles. The minimum Gasteiger partial charge on any atom is -0.373 e. The molecule has 1 aromatic heterocycles. The molecule has 0 aliphatic rings. The molecule has 0 amide bonds. The van der Waals surface area contributed by atoms with E-state index in [1.165, 1.54) is 0 Å². The molecular weight excluding hydrogens is 260 g/mol. The molecular formula is C14H17ClN4. The topological polar surface area (TPSA) is 49.8 Å². The normalized spacial score (nSPS) is 10.3. The summed E-state index contributed by atoms with van der Waals surface area (Å²) < 4.78 is 0. The van der Waals surface area contributed by atoms with Crippen LogP contribution >= 0.6 is 11.6 Å². The van der Waals surface area contributed by atoms with E-state index in [0.29, 0.717) is 5.02 Å². The fourth-order valence-corrected chi connectivity index (χ4v) is 1.96. The first-order valence-corrected chi connectivity index (χ1v) is 6.60. The Kier molecular flexibility index (Phi) is 4.22. The first kappa shape index (κ1) is 13.6. The minimum absolute atomic E-state index is 0.671. The van der Waals surface area contributed by atoms with Crippen LogP contribution in [0, 0.1) is 6.92 Å². The summed E-state index contributed by atoms with van der Waals surface area (Å²) in [6, 6.07) is 7.61. The van der Waals surface area contributed by atoms with Gasteiger partial charge in [-0.05, 0) is 19.1 Å². The van der Waals surface area contributed by atoms with Crippen LogP contribution in [0.25, 0.3) is 0 Å². The Bertz CT molecular complexity index is 584. The zero-order valence-corrected chi connectivity index (χ0v) is 12.0. The predicted octanol–water partition coefficient (Wildman–Crippen LogP) is 3.79. The van der Waals surface area contributed by atoms with Crippen molar-refractivity contribution in [3.8, 4) is 0 Å². The summed E-state index contributed by atoms with van der Waals surface area (Å²) in [7, 11) is 1.86. The van der Waals surface area contributed by atoms with Gasteiger partial charge in [0.2, 0.25) is 0 Å². The van der Waals surface area contributed by atoms with Crippen molar-refractivity contribution in [3.05, 3.63) is 40.7 Å². The monoisotopic (exact) mass is 276 g/mol. The van der Waals surface area contributed by atoms with Gasteiger partial charge in [0.15, 0.2) is 0 Å². The third-order valence-corrected chi connectivity index (χ3v) is 3.20. The van der Waals surface area contributed by atoms with Crippen molar-refractivity contribution < 1.29 is 0 Å². The van der Waals surface area contributed by atoms with E-state index in [2.05, 4.69) is 20.6 Å². The van der Waals surface area contributed by atoms with Gasteiger partial charge in [-0.25, -0.2) is 9.97 Å². The quantitative estimate of drug-likeness (QED) is 0.892. The van der Waals surface area contributed by atoms with Gasteiger partial charge in [-0.3, -0.25) is 0 Å². The number of halogens is 1. The van der Waals surface area contributed by atoms with Crippen molar-refractivity contribution in [2.75, 3.05) is 17.7 Å². The fourth-order valence-electron chi connectivity index (χ4n) is 1.78. The van der Waals surface area contributed by atoms with Crippen LogP contribution < -0.4 is 10.6 Å². The molecule has 0 unspecified atom stereocenters. The zero-order valence-electron chi connectivity index (χ0n) is 11.3. The molecule has 2 rings (SSSR count). The van der Waals surface area contributed by atoms with Crippen molar-refractivity contribution >= 4 is 28.9 Å². The van der Waals surface area contributed by atoms with Crippen LogP contribution in [0.5, 0.6) is 0 Å². The second-order valence-corrected chi connectivity index (χ2v) is 4.58. The highest BCUT2D eigenvalue weighted by atomic mass is 35.5. The maximum atomic E-state index is 6.15. The highest BCUT2D eigenvalue weighted by Crippen LogP contribution is 2.27. The number of aryl methyl sites for hydroxylation is 1. The van der Waals surface area contributed by atoms with E-state index >= 15 is 0 Å². The zero-order chi connectivity index (χ0) is 13.8. The number of hydrogen-bond acceptors (Lipinski definition) is 4. The largest absolute Gasteiger partial charge is 0.373 e. The molecule has 0 fully saturated rings. The molecule has 0 aliphatic carbocycles. The highest BCUT2D eigenvalue weighted by Gasteiger charge is 2.10. The Morgan fingerprint density at radius 3 is 2.47 bits per heavy atom. The molecule has 5 heteroatoms. The Balaban J connectivity index is 2.42. The third kappa shape index (κ3) is 2.96. The van der Waals surface area contributed by atoms with E-state index in [1.807, 2.05) is 45.2 Å². The van der Waals surface area contributed by atoms with Gasteiger partial charge >= 0.3 is 0 Å². The molecule has 19 heavy (non-hydrogen) atoms. The van der Waals surface area contributed by atoms with E-state index in [4.69, 9.17) is 11.6 Å². The molecule has 0 atom stereocenters. The molecule has 0 saturated heterocycles. The van der Waals surface area contributed by atoms with Gasteiger partial charge in [0.1, 0.15) is 17.5 Å². The molecule has 0 aliphatic heterocycles. The highest BCUT2D eigenvalue weighted by molar-refractivity contribution is 6.33. The Labute approximate surface area is 118 Å². The summed E-state index contributed by atoms with van der Waals surface area (Å²) >= 11 is 6.15. The van der Waals surface area contributed by atoms with E-state index in [9.17, 15) is 0 Å². The smallest absolute Gasteiger partial charge is 0.139 e. The van der Waals surface area contributed by atoms with Crippen molar-refractivity contribution in [2.45, 2.75) is 20.3 Å².